The number of ether oxygens (including phenoxy) is 2. The summed E-state index contributed by atoms with van der Waals surface area (Å²) in [5.41, 5.74) is 2.24. The third-order valence-electron chi connectivity index (χ3n) is 5.94. The zero-order valence-corrected chi connectivity index (χ0v) is 19.3. The molecule has 1 saturated heterocycles. The van der Waals surface area contributed by atoms with Gasteiger partial charge in [0.2, 0.25) is 11.7 Å². The molecule has 1 aliphatic heterocycles. The fraction of sp³-hybridized carbons (Fsp3) is 0.280. The maximum atomic E-state index is 13.2. The minimum atomic E-state index is -0.0580. The monoisotopic (exact) mass is 459 g/mol. The van der Waals surface area contributed by atoms with E-state index in [4.69, 9.17) is 19.0 Å². The van der Waals surface area contributed by atoms with Gasteiger partial charge in [-0.3, -0.25) is 4.79 Å². The lowest BCUT2D eigenvalue weighted by atomic mass is 10.1. The van der Waals surface area contributed by atoms with Crippen LogP contribution in [0.4, 0.5) is 5.82 Å². The van der Waals surface area contributed by atoms with Gasteiger partial charge in [0.15, 0.2) is 0 Å². The van der Waals surface area contributed by atoms with Crippen molar-refractivity contribution in [3.8, 4) is 22.9 Å². The van der Waals surface area contributed by atoms with Crippen LogP contribution in [0.2, 0.25) is 0 Å². The fourth-order valence-electron chi connectivity index (χ4n) is 4.15. The first-order valence-electron chi connectivity index (χ1n) is 11.0. The summed E-state index contributed by atoms with van der Waals surface area (Å²) in [4.78, 5) is 26.6. The first kappa shape index (κ1) is 21.7. The number of piperazine rings is 1. The second kappa shape index (κ2) is 9.01. The molecule has 9 heteroatoms. The maximum Gasteiger partial charge on any atom is 0.254 e. The Balaban J connectivity index is 1.41. The lowest BCUT2D eigenvalue weighted by Crippen LogP contribution is -2.49. The van der Waals surface area contributed by atoms with Crippen LogP contribution in [0.1, 0.15) is 16.2 Å². The number of carbonyl (C=O) groups excluding carboxylic acids is 1. The van der Waals surface area contributed by atoms with Crippen molar-refractivity contribution in [3.05, 3.63) is 60.0 Å². The number of benzene rings is 2. The molecule has 0 bridgehead atoms. The van der Waals surface area contributed by atoms with Gasteiger partial charge in [-0.05, 0) is 24.3 Å². The Hall–Kier alpha value is -4.14. The second-order valence-electron chi connectivity index (χ2n) is 8.07. The zero-order valence-electron chi connectivity index (χ0n) is 19.3. The molecule has 3 heterocycles. The smallest absolute Gasteiger partial charge is 0.254 e. The highest BCUT2D eigenvalue weighted by Crippen LogP contribution is 2.32. The van der Waals surface area contributed by atoms with Crippen LogP contribution in [0.15, 0.2) is 53.1 Å². The summed E-state index contributed by atoms with van der Waals surface area (Å²) in [6, 6.07) is 15.2. The number of aromatic nitrogens is 3. The Kier molecular flexibility index (Phi) is 5.75. The third kappa shape index (κ3) is 4.12. The number of hydrogen-bond acceptors (Lipinski definition) is 8. The molecule has 0 radical (unpaired) electrons. The molecule has 0 atom stereocenters. The molecule has 0 saturated carbocycles. The number of fused-ring (bicyclic) bond motifs is 1. The Labute approximate surface area is 196 Å². The van der Waals surface area contributed by atoms with E-state index in [1.54, 1.807) is 39.3 Å². The highest BCUT2D eigenvalue weighted by Gasteiger charge is 2.26. The van der Waals surface area contributed by atoms with E-state index in [-0.39, 0.29) is 5.91 Å². The summed E-state index contributed by atoms with van der Waals surface area (Å²) in [5.74, 6) is 2.90. The topological polar surface area (TPSA) is 93.8 Å². The van der Waals surface area contributed by atoms with Gasteiger partial charge >= 0.3 is 0 Å². The lowest BCUT2D eigenvalue weighted by molar-refractivity contribution is 0.0746. The van der Waals surface area contributed by atoms with Crippen molar-refractivity contribution >= 4 is 22.6 Å². The van der Waals surface area contributed by atoms with E-state index >= 15 is 0 Å². The summed E-state index contributed by atoms with van der Waals surface area (Å²) in [7, 11) is 3.14. The van der Waals surface area contributed by atoms with Crippen molar-refractivity contribution in [1.82, 2.24) is 20.0 Å². The first-order valence-corrected chi connectivity index (χ1v) is 11.0. The normalized spacial score (nSPS) is 13.9. The van der Waals surface area contributed by atoms with Gasteiger partial charge in [-0.15, -0.1) is 0 Å². The fourth-order valence-corrected chi connectivity index (χ4v) is 4.15. The van der Waals surface area contributed by atoms with E-state index < -0.39 is 0 Å². The number of para-hydroxylation sites is 1. The molecule has 4 aromatic rings. The van der Waals surface area contributed by atoms with Crippen molar-refractivity contribution in [2.24, 2.45) is 0 Å². The second-order valence-corrected chi connectivity index (χ2v) is 8.07. The minimum absolute atomic E-state index is 0.0580. The molecule has 1 aliphatic rings. The van der Waals surface area contributed by atoms with E-state index in [9.17, 15) is 4.79 Å². The number of pyridine rings is 1. The number of nitrogens with zero attached hydrogens (tertiary/aromatic N) is 5. The Morgan fingerprint density at radius 3 is 2.29 bits per heavy atom. The predicted molar refractivity (Wildman–Crippen MR) is 127 cm³/mol. The molecule has 2 aromatic carbocycles. The molecule has 0 aliphatic carbocycles. The molecular weight excluding hydrogens is 434 g/mol. The van der Waals surface area contributed by atoms with Gasteiger partial charge in [-0.25, -0.2) is 4.98 Å². The molecule has 0 unspecified atom stereocenters. The molecular formula is C25H25N5O4. The van der Waals surface area contributed by atoms with Gasteiger partial charge in [0.25, 0.3) is 5.91 Å². The summed E-state index contributed by atoms with van der Waals surface area (Å²) in [5, 5.41) is 5.13. The van der Waals surface area contributed by atoms with Gasteiger partial charge in [-0.1, -0.05) is 23.4 Å². The summed E-state index contributed by atoms with van der Waals surface area (Å²) in [6.07, 6.45) is 0. The van der Waals surface area contributed by atoms with Crippen molar-refractivity contribution in [1.29, 1.82) is 0 Å². The van der Waals surface area contributed by atoms with Crippen LogP contribution in [-0.2, 0) is 0 Å². The van der Waals surface area contributed by atoms with Gasteiger partial charge in [0.1, 0.15) is 17.3 Å². The molecule has 1 fully saturated rings. The Morgan fingerprint density at radius 2 is 1.65 bits per heavy atom. The molecule has 5 rings (SSSR count). The molecule has 0 N–H and O–H groups in total. The number of methoxy groups -OCH3 is 2. The van der Waals surface area contributed by atoms with Crippen LogP contribution in [-0.4, -0.2) is 66.3 Å². The average Bonchev–Trinajstić information content (AvgIpc) is 3.33. The SMILES string of the molecule is COc1cc(OC)cc(C(=O)N2CCN(c3nc4ccccc4cc3-c3noc(C)n3)CC2)c1. The molecule has 34 heavy (non-hydrogen) atoms. The van der Waals surface area contributed by atoms with Gasteiger partial charge in [0, 0.05) is 50.1 Å². The minimum Gasteiger partial charge on any atom is -0.497 e. The van der Waals surface area contributed by atoms with Gasteiger partial charge in [0.05, 0.1) is 25.3 Å². The number of rotatable bonds is 5. The number of anilines is 1. The van der Waals surface area contributed by atoms with Crippen LogP contribution in [0, 0.1) is 6.92 Å². The number of aryl methyl sites for hydroxylation is 1. The molecule has 2 aromatic heterocycles. The highest BCUT2D eigenvalue weighted by molar-refractivity contribution is 5.95. The number of hydrogen-bond donors (Lipinski definition) is 0. The quantitative estimate of drug-likeness (QED) is 0.447. The summed E-state index contributed by atoms with van der Waals surface area (Å²) >= 11 is 0. The molecule has 1 amide bonds. The Morgan fingerprint density at radius 1 is 0.941 bits per heavy atom. The summed E-state index contributed by atoms with van der Waals surface area (Å²) < 4.78 is 15.9. The number of carbonyl (C=O) groups is 1. The first-order chi connectivity index (χ1) is 16.6. The lowest BCUT2D eigenvalue weighted by Gasteiger charge is -2.36. The van der Waals surface area contributed by atoms with E-state index in [0.717, 1.165) is 22.3 Å². The number of amides is 1. The van der Waals surface area contributed by atoms with Crippen LogP contribution < -0.4 is 14.4 Å². The van der Waals surface area contributed by atoms with Gasteiger partial charge in [-0.2, -0.15) is 4.98 Å². The van der Waals surface area contributed by atoms with Crippen LogP contribution in [0.25, 0.3) is 22.3 Å². The van der Waals surface area contributed by atoms with Crippen LogP contribution in [0.3, 0.4) is 0 Å². The molecule has 174 valence electrons. The maximum absolute atomic E-state index is 13.2. The zero-order chi connectivity index (χ0) is 23.7. The van der Waals surface area contributed by atoms with Crippen LogP contribution >= 0.6 is 0 Å². The average molecular weight is 460 g/mol. The summed E-state index contributed by atoms with van der Waals surface area (Å²) in [6.45, 7) is 4.13. The van der Waals surface area contributed by atoms with E-state index in [2.05, 4.69) is 15.0 Å². The molecule has 9 nitrogen and oxygen atoms in total. The van der Waals surface area contributed by atoms with Crippen molar-refractivity contribution in [2.45, 2.75) is 6.92 Å². The van der Waals surface area contributed by atoms with Crippen molar-refractivity contribution in [2.75, 3.05) is 45.3 Å². The van der Waals surface area contributed by atoms with Crippen molar-refractivity contribution in [3.63, 3.8) is 0 Å². The Bertz CT molecular complexity index is 1320. The van der Waals surface area contributed by atoms with E-state index in [0.29, 0.717) is 55.0 Å². The predicted octanol–water partition coefficient (Wildman–Crippen LogP) is 3.57. The van der Waals surface area contributed by atoms with Crippen molar-refractivity contribution < 1.29 is 18.8 Å². The van der Waals surface area contributed by atoms with E-state index in [1.807, 2.05) is 35.2 Å². The van der Waals surface area contributed by atoms with E-state index in [1.165, 1.54) is 0 Å². The standard InChI is InChI=1S/C25H25N5O4/c1-16-26-23(28-34-16)21-14-17-6-4-5-7-22(17)27-24(21)29-8-10-30(11-9-29)25(31)18-12-19(32-2)15-20(13-18)33-3/h4-7,12-15H,8-11H2,1-3H3. The largest absolute Gasteiger partial charge is 0.497 e. The van der Waals surface area contributed by atoms with Gasteiger partial charge < -0.3 is 23.8 Å². The van der Waals surface area contributed by atoms with Crippen LogP contribution in [0.5, 0.6) is 11.5 Å². The third-order valence-corrected chi connectivity index (χ3v) is 5.94. The molecule has 0 spiro atoms. The highest BCUT2D eigenvalue weighted by atomic mass is 16.5.